The van der Waals surface area contributed by atoms with E-state index in [1.807, 2.05) is 0 Å². The van der Waals surface area contributed by atoms with Crippen molar-refractivity contribution < 1.29 is 9.63 Å². The Hall–Kier alpha value is -0.770. The lowest BCUT2D eigenvalue weighted by Gasteiger charge is -2.26. The third kappa shape index (κ3) is 5.02. The van der Waals surface area contributed by atoms with Crippen LogP contribution in [0.25, 0.3) is 0 Å². The Morgan fingerprint density at radius 2 is 2.27 bits per heavy atom. The van der Waals surface area contributed by atoms with Crippen LogP contribution in [0, 0.1) is 11.8 Å². The Morgan fingerprint density at radius 3 is 2.93 bits per heavy atom. The maximum atomic E-state index is 11.0. The number of hydrogen-bond acceptors (Lipinski definition) is 2. The average molecular weight is 214 g/mol. The Balaban J connectivity index is 2.06. The lowest BCUT2D eigenvalue weighted by Crippen LogP contribution is -2.36. The number of amides is 2. The van der Waals surface area contributed by atoms with Crippen LogP contribution in [0.3, 0.4) is 0 Å². The maximum absolute atomic E-state index is 11.0. The molecule has 0 aromatic carbocycles. The zero-order valence-electron chi connectivity index (χ0n) is 9.71. The molecule has 15 heavy (non-hydrogen) atoms. The first kappa shape index (κ1) is 12.3. The molecule has 0 spiro atoms. The summed E-state index contributed by atoms with van der Waals surface area (Å²) in [6, 6.07) is -0.249. The molecule has 88 valence electrons. The van der Waals surface area contributed by atoms with E-state index in [4.69, 9.17) is 0 Å². The van der Waals surface area contributed by atoms with Gasteiger partial charge in [0.05, 0.1) is 7.11 Å². The van der Waals surface area contributed by atoms with Crippen molar-refractivity contribution in [3.8, 4) is 0 Å². The van der Waals surface area contributed by atoms with Crippen LogP contribution in [0.2, 0.25) is 0 Å². The zero-order valence-corrected chi connectivity index (χ0v) is 9.71. The van der Waals surface area contributed by atoms with E-state index < -0.39 is 0 Å². The van der Waals surface area contributed by atoms with Crippen LogP contribution in [-0.2, 0) is 4.84 Å². The largest absolute Gasteiger partial charge is 0.338 e. The van der Waals surface area contributed by atoms with Crippen molar-refractivity contribution >= 4 is 6.03 Å². The molecular weight excluding hydrogens is 192 g/mol. The zero-order chi connectivity index (χ0) is 11.1. The molecule has 0 aromatic heterocycles. The summed E-state index contributed by atoms with van der Waals surface area (Å²) in [6.07, 6.45) is 6.43. The van der Waals surface area contributed by atoms with E-state index in [2.05, 4.69) is 22.6 Å². The van der Waals surface area contributed by atoms with Gasteiger partial charge in [-0.05, 0) is 24.7 Å². The van der Waals surface area contributed by atoms with Gasteiger partial charge in [-0.3, -0.25) is 4.84 Å². The highest BCUT2D eigenvalue weighted by atomic mass is 16.6. The molecule has 4 heteroatoms. The van der Waals surface area contributed by atoms with E-state index in [0.29, 0.717) is 0 Å². The van der Waals surface area contributed by atoms with Crippen LogP contribution in [0.1, 0.15) is 39.0 Å². The summed E-state index contributed by atoms with van der Waals surface area (Å²) in [6.45, 7) is 3.06. The van der Waals surface area contributed by atoms with E-state index in [0.717, 1.165) is 24.8 Å². The summed E-state index contributed by atoms with van der Waals surface area (Å²) >= 11 is 0. The lowest BCUT2D eigenvalue weighted by molar-refractivity contribution is 0.107. The molecule has 2 amide bonds. The third-order valence-corrected chi connectivity index (χ3v) is 3.08. The molecule has 0 aromatic rings. The summed E-state index contributed by atoms with van der Waals surface area (Å²) in [4.78, 5) is 15.5. The van der Waals surface area contributed by atoms with Crippen molar-refractivity contribution in [2.75, 3.05) is 13.7 Å². The number of carbonyl (C=O) groups is 1. The smallest absolute Gasteiger partial charge is 0.336 e. The molecule has 0 heterocycles. The Kier molecular flexibility index (Phi) is 5.47. The first-order chi connectivity index (χ1) is 7.22. The molecule has 2 atom stereocenters. The van der Waals surface area contributed by atoms with Gasteiger partial charge < -0.3 is 5.32 Å². The summed E-state index contributed by atoms with van der Waals surface area (Å²) in [7, 11) is 1.43. The summed E-state index contributed by atoms with van der Waals surface area (Å²) in [5.74, 6) is 1.65. The second-order valence-electron chi connectivity index (χ2n) is 4.49. The Bertz CT molecular complexity index is 197. The first-order valence-corrected chi connectivity index (χ1v) is 5.79. The second kappa shape index (κ2) is 6.67. The minimum Gasteiger partial charge on any atom is -0.336 e. The second-order valence-corrected chi connectivity index (χ2v) is 4.49. The predicted molar refractivity (Wildman–Crippen MR) is 59.3 cm³/mol. The van der Waals surface area contributed by atoms with Crippen LogP contribution in [0.15, 0.2) is 0 Å². The summed E-state index contributed by atoms with van der Waals surface area (Å²) in [5, 5.41) is 2.77. The Morgan fingerprint density at radius 1 is 1.47 bits per heavy atom. The van der Waals surface area contributed by atoms with Crippen LogP contribution in [0.4, 0.5) is 4.79 Å². The van der Waals surface area contributed by atoms with Crippen LogP contribution in [-0.4, -0.2) is 19.7 Å². The molecule has 1 aliphatic carbocycles. The lowest BCUT2D eigenvalue weighted by atomic mass is 9.81. The number of carbonyl (C=O) groups excluding carboxylic acids is 1. The average Bonchev–Trinajstić information content (AvgIpc) is 2.18. The summed E-state index contributed by atoms with van der Waals surface area (Å²) in [5.41, 5.74) is 2.24. The quantitative estimate of drug-likeness (QED) is 0.704. The molecule has 2 unspecified atom stereocenters. The van der Waals surface area contributed by atoms with Crippen LogP contribution in [0.5, 0.6) is 0 Å². The molecule has 4 nitrogen and oxygen atoms in total. The summed E-state index contributed by atoms with van der Waals surface area (Å²) < 4.78 is 0. The molecule has 1 rings (SSSR count). The molecule has 0 radical (unpaired) electrons. The third-order valence-electron chi connectivity index (χ3n) is 3.08. The van der Waals surface area contributed by atoms with Gasteiger partial charge in [-0.2, -0.15) is 0 Å². The van der Waals surface area contributed by atoms with E-state index in [1.165, 1.54) is 32.8 Å². The number of hydrogen-bond donors (Lipinski definition) is 2. The van der Waals surface area contributed by atoms with Gasteiger partial charge in [-0.15, -0.1) is 0 Å². The van der Waals surface area contributed by atoms with Gasteiger partial charge in [0.15, 0.2) is 0 Å². The van der Waals surface area contributed by atoms with E-state index >= 15 is 0 Å². The van der Waals surface area contributed by atoms with E-state index in [1.54, 1.807) is 0 Å². The molecule has 2 N–H and O–H groups in total. The molecular formula is C11H22N2O2. The minimum absolute atomic E-state index is 0.249. The van der Waals surface area contributed by atoms with Crippen LogP contribution >= 0.6 is 0 Å². The van der Waals surface area contributed by atoms with E-state index in [9.17, 15) is 4.79 Å². The molecule has 0 aliphatic heterocycles. The minimum atomic E-state index is -0.249. The number of hydroxylamine groups is 1. The highest BCUT2D eigenvalue weighted by Crippen LogP contribution is 2.30. The molecule has 0 saturated heterocycles. The monoisotopic (exact) mass is 214 g/mol. The first-order valence-electron chi connectivity index (χ1n) is 5.79. The molecule has 1 fully saturated rings. The van der Waals surface area contributed by atoms with Gasteiger partial charge in [0.1, 0.15) is 0 Å². The predicted octanol–water partition coefficient (Wildman–Crippen LogP) is 2.06. The van der Waals surface area contributed by atoms with Gasteiger partial charge >= 0.3 is 6.03 Å². The van der Waals surface area contributed by atoms with Gasteiger partial charge in [0.2, 0.25) is 0 Å². The highest BCUT2D eigenvalue weighted by molar-refractivity contribution is 5.72. The van der Waals surface area contributed by atoms with Crippen molar-refractivity contribution in [1.29, 1.82) is 0 Å². The Labute approximate surface area is 91.7 Å². The topological polar surface area (TPSA) is 50.4 Å². The van der Waals surface area contributed by atoms with Crippen molar-refractivity contribution in [2.24, 2.45) is 11.8 Å². The van der Waals surface area contributed by atoms with Gasteiger partial charge in [0, 0.05) is 6.54 Å². The fourth-order valence-electron chi connectivity index (χ4n) is 2.34. The van der Waals surface area contributed by atoms with Gasteiger partial charge in [-0.25, -0.2) is 10.3 Å². The van der Waals surface area contributed by atoms with Crippen molar-refractivity contribution in [3.63, 3.8) is 0 Å². The number of nitrogens with one attached hydrogen (secondary N) is 2. The van der Waals surface area contributed by atoms with Crippen LogP contribution < -0.4 is 10.8 Å². The highest BCUT2D eigenvalue weighted by Gasteiger charge is 2.18. The maximum Gasteiger partial charge on any atom is 0.338 e. The van der Waals surface area contributed by atoms with E-state index in [-0.39, 0.29) is 6.03 Å². The molecule has 0 bridgehead atoms. The fraction of sp³-hybridized carbons (Fsp3) is 0.909. The standard InChI is InChI=1S/C11H22N2O2/c1-9-4-3-5-10(8-9)6-7-12-11(14)13-15-2/h9-10H,3-8H2,1-2H3,(H2,12,13,14). The normalized spacial score (nSPS) is 26.0. The number of rotatable bonds is 4. The fourth-order valence-corrected chi connectivity index (χ4v) is 2.34. The number of urea groups is 1. The van der Waals surface area contributed by atoms with Crippen molar-refractivity contribution in [2.45, 2.75) is 39.0 Å². The van der Waals surface area contributed by atoms with Crippen molar-refractivity contribution in [1.82, 2.24) is 10.8 Å². The van der Waals surface area contributed by atoms with Gasteiger partial charge in [-0.1, -0.05) is 26.2 Å². The van der Waals surface area contributed by atoms with Crippen molar-refractivity contribution in [3.05, 3.63) is 0 Å². The molecule has 1 saturated carbocycles. The van der Waals surface area contributed by atoms with Gasteiger partial charge in [0.25, 0.3) is 0 Å². The molecule has 1 aliphatic rings. The SMILES string of the molecule is CONC(=O)NCCC1CCCC(C)C1.